The molecule has 0 amide bonds. The quantitative estimate of drug-likeness (QED) is 0.775. The van der Waals surface area contributed by atoms with Crippen molar-refractivity contribution in [3.05, 3.63) is 43.4 Å². The van der Waals surface area contributed by atoms with Gasteiger partial charge in [-0.1, -0.05) is 11.6 Å². The summed E-state index contributed by atoms with van der Waals surface area (Å²) in [4.78, 5) is 12.5. The van der Waals surface area contributed by atoms with Crippen LogP contribution in [0.4, 0.5) is 0 Å². The van der Waals surface area contributed by atoms with Gasteiger partial charge in [-0.2, -0.15) is 0 Å². The van der Waals surface area contributed by atoms with Gasteiger partial charge in [0.05, 0.1) is 11.1 Å². The van der Waals surface area contributed by atoms with Crippen LogP contribution >= 0.6 is 38.9 Å². The predicted octanol–water partition coefficient (Wildman–Crippen LogP) is 4.30. The molecule has 0 N–H and O–H groups in total. The summed E-state index contributed by atoms with van der Waals surface area (Å²) >= 11 is 10.4. The van der Waals surface area contributed by atoms with Gasteiger partial charge in [0.2, 0.25) is 5.78 Å². The van der Waals surface area contributed by atoms with Crippen molar-refractivity contribution in [2.24, 2.45) is 0 Å². The van der Waals surface area contributed by atoms with Gasteiger partial charge in [-0.15, -0.1) is 11.3 Å². The average Bonchev–Trinajstić information content (AvgIpc) is 2.74. The molecule has 0 aliphatic rings. The molecule has 0 atom stereocenters. The minimum Gasteiger partial charge on any atom is -0.461 e. The fourth-order valence-corrected chi connectivity index (χ4v) is 2.81. The van der Waals surface area contributed by atoms with Crippen LogP contribution in [0.5, 0.6) is 0 Å². The monoisotopic (exact) mass is 304 g/mol. The van der Waals surface area contributed by atoms with Crippen molar-refractivity contribution in [3.63, 3.8) is 0 Å². The summed E-state index contributed by atoms with van der Waals surface area (Å²) in [5.41, 5.74) is 0.834. The number of hydrogen-bond acceptors (Lipinski definition) is 3. The molecule has 78 valence electrons. The molecule has 0 fully saturated rings. The first kappa shape index (κ1) is 10.9. The van der Waals surface area contributed by atoms with E-state index >= 15 is 0 Å². The molecule has 2 aromatic rings. The standard InChI is InChI=1S/C10H6BrClO2S/c1-5-2-3-14-9(5)8(13)7-4-6(11)10(12)15-7/h2-4H,1H3. The first-order chi connectivity index (χ1) is 7.09. The fraction of sp³-hybridized carbons (Fsp3) is 0.100. The van der Waals surface area contributed by atoms with Gasteiger partial charge in [-0.25, -0.2) is 0 Å². The molecule has 15 heavy (non-hydrogen) atoms. The van der Waals surface area contributed by atoms with Gasteiger partial charge >= 0.3 is 0 Å². The van der Waals surface area contributed by atoms with Crippen LogP contribution in [0.2, 0.25) is 4.34 Å². The van der Waals surface area contributed by atoms with Crippen LogP contribution in [0.3, 0.4) is 0 Å². The van der Waals surface area contributed by atoms with Crippen LogP contribution in [-0.4, -0.2) is 5.78 Å². The molecular formula is C10H6BrClO2S. The van der Waals surface area contributed by atoms with E-state index < -0.39 is 0 Å². The number of furan rings is 1. The molecule has 2 nitrogen and oxygen atoms in total. The minimum absolute atomic E-state index is 0.130. The Labute approximate surface area is 104 Å². The number of aryl methyl sites for hydroxylation is 1. The Bertz CT molecular complexity index is 496. The van der Waals surface area contributed by atoms with E-state index in [9.17, 15) is 4.79 Å². The Hall–Kier alpha value is -0.580. The summed E-state index contributed by atoms with van der Waals surface area (Å²) < 4.78 is 6.44. The van der Waals surface area contributed by atoms with Crippen molar-refractivity contribution in [1.29, 1.82) is 0 Å². The van der Waals surface area contributed by atoms with Crippen LogP contribution in [0.15, 0.2) is 27.3 Å². The minimum atomic E-state index is -0.130. The molecular weight excluding hydrogens is 300 g/mol. The van der Waals surface area contributed by atoms with E-state index in [0.717, 1.165) is 10.0 Å². The van der Waals surface area contributed by atoms with Gasteiger partial charge in [-0.3, -0.25) is 4.79 Å². The highest BCUT2D eigenvalue weighted by Gasteiger charge is 2.18. The maximum atomic E-state index is 11.9. The lowest BCUT2D eigenvalue weighted by Crippen LogP contribution is -1.98. The molecule has 0 spiro atoms. The van der Waals surface area contributed by atoms with Crippen molar-refractivity contribution in [1.82, 2.24) is 0 Å². The third-order valence-electron chi connectivity index (χ3n) is 1.94. The third kappa shape index (κ3) is 2.02. The molecule has 0 aliphatic carbocycles. The summed E-state index contributed by atoms with van der Waals surface area (Å²) in [6.45, 7) is 1.83. The highest BCUT2D eigenvalue weighted by Crippen LogP contribution is 2.33. The second-order valence-corrected chi connectivity index (χ2v) is 5.50. The fourth-order valence-electron chi connectivity index (χ4n) is 1.18. The lowest BCUT2D eigenvalue weighted by atomic mass is 10.2. The third-order valence-corrected chi connectivity index (χ3v) is 4.41. The lowest BCUT2D eigenvalue weighted by Gasteiger charge is -1.93. The molecule has 2 aromatic heterocycles. The van der Waals surface area contributed by atoms with Crippen LogP contribution in [0.25, 0.3) is 0 Å². The largest absolute Gasteiger partial charge is 0.461 e. The second kappa shape index (κ2) is 4.12. The highest BCUT2D eigenvalue weighted by atomic mass is 79.9. The SMILES string of the molecule is Cc1ccoc1C(=O)c1cc(Br)c(Cl)s1. The molecule has 0 unspecified atom stereocenters. The zero-order valence-corrected chi connectivity index (χ0v) is 10.9. The van der Waals surface area contributed by atoms with Crippen molar-refractivity contribution in [3.8, 4) is 0 Å². The first-order valence-corrected chi connectivity index (χ1v) is 6.12. The number of rotatable bonds is 2. The maximum Gasteiger partial charge on any atom is 0.238 e. The first-order valence-electron chi connectivity index (χ1n) is 4.13. The van der Waals surface area contributed by atoms with Crippen molar-refractivity contribution < 1.29 is 9.21 Å². The zero-order chi connectivity index (χ0) is 11.0. The van der Waals surface area contributed by atoms with Gasteiger partial charge in [0.25, 0.3) is 0 Å². The number of thiophene rings is 1. The molecule has 0 aromatic carbocycles. The Kier molecular flexibility index (Phi) is 3.00. The van der Waals surface area contributed by atoms with Crippen LogP contribution < -0.4 is 0 Å². The van der Waals surface area contributed by atoms with Gasteiger partial charge in [0.15, 0.2) is 5.76 Å². The van der Waals surface area contributed by atoms with Gasteiger partial charge < -0.3 is 4.42 Å². The summed E-state index contributed by atoms with van der Waals surface area (Å²) in [6.07, 6.45) is 1.51. The number of carbonyl (C=O) groups is 1. The van der Waals surface area contributed by atoms with E-state index in [1.54, 1.807) is 12.1 Å². The summed E-state index contributed by atoms with van der Waals surface area (Å²) in [7, 11) is 0. The van der Waals surface area contributed by atoms with Crippen LogP contribution in [0.1, 0.15) is 21.0 Å². The average molecular weight is 306 g/mol. The van der Waals surface area contributed by atoms with Gasteiger partial charge in [0.1, 0.15) is 4.34 Å². The van der Waals surface area contributed by atoms with Gasteiger partial charge in [-0.05, 0) is 40.5 Å². The van der Waals surface area contributed by atoms with E-state index in [2.05, 4.69) is 15.9 Å². The van der Waals surface area contributed by atoms with E-state index in [1.807, 2.05) is 6.92 Å². The maximum absolute atomic E-state index is 11.9. The molecule has 0 saturated carbocycles. The Morgan fingerprint density at radius 3 is 2.80 bits per heavy atom. The molecule has 0 radical (unpaired) electrons. The predicted molar refractivity (Wildman–Crippen MR) is 63.9 cm³/mol. The van der Waals surface area contributed by atoms with Crippen molar-refractivity contribution in [2.75, 3.05) is 0 Å². The number of hydrogen-bond donors (Lipinski definition) is 0. The Balaban J connectivity index is 2.41. The van der Waals surface area contributed by atoms with Crippen molar-refractivity contribution >= 4 is 44.7 Å². The summed E-state index contributed by atoms with van der Waals surface area (Å²) in [6, 6.07) is 3.47. The number of ketones is 1. The molecule has 0 aliphatic heterocycles. The highest BCUT2D eigenvalue weighted by molar-refractivity contribution is 9.10. The number of halogens is 2. The van der Waals surface area contributed by atoms with Crippen LogP contribution in [0, 0.1) is 6.92 Å². The number of carbonyl (C=O) groups excluding carboxylic acids is 1. The second-order valence-electron chi connectivity index (χ2n) is 2.99. The summed E-state index contributed by atoms with van der Waals surface area (Å²) in [5.74, 6) is 0.246. The lowest BCUT2D eigenvalue weighted by molar-refractivity contribution is 0.101. The van der Waals surface area contributed by atoms with E-state index in [4.69, 9.17) is 16.0 Å². The summed E-state index contributed by atoms with van der Waals surface area (Å²) in [5, 5.41) is 0. The van der Waals surface area contributed by atoms with Crippen molar-refractivity contribution in [2.45, 2.75) is 6.92 Å². The van der Waals surface area contributed by atoms with E-state index in [-0.39, 0.29) is 5.78 Å². The smallest absolute Gasteiger partial charge is 0.238 e. The van der Waals surface area contributed by atoms with E-state index in [0.29, 0.717) is 15.0 Å². The Morgan fingerprint density at radius 1 is 1.60 bits per heavy atom. The van der Waals surface area contributed by atoms with Crippen LogP contribution in [-0.2, 0) is 0 Å². The molecule has 5 heteroatoms. The van der Waals surface area contributed by atoms with E-state index in [1.165, 1.54) is 17.6 Å². The molecule has 0 bridgehead atoms. The Morgan fingerprint density at radius 2 is 2.33 bits per heavy atom. The van der Waals surface area contributed by atoms with Gasteiger partial charge in [0, 0.05) is 4.47 Å². The molecule has 2 rings (SSSR count). The zero-order valence-electron chi connectivity index (χ0n) is 7.71. The topological polar surface area (TPSA) is 30.2 Å². The molecule has 2 heterocycles. The molecule has 0 saturated heterocycles. The normalized spacial score (nSPS) is 10.6.